The molecular formula is C19H23N3O5. The number of amides is 1. The molecule has 1 amide bonds. The highest BCUT2D eigenvalue weighted by Gasteiger charge is 2.24. The Hall–Kier alpha value is -3.03. The Morgan fingerprint density at radius 2 is 1.78 bits per heavy atom. The van der Waals surface area contributed by atoms with Gasteiger partial charge in [0.15, 0.2) is 6.61 Å². The van der Waals surface area contributed by atoms with Crippen LogP contribution in [0.2, 0.25) is 0 Å². The molecule has 0 spiro atoms. The summed E-state index contributed by atoms with van der Waals surface area (Å²) >= 11 is 0. The van der Waals surface area contributed by atoms with E-state index in [1.54, 1.807) is 25.9 Å². The number of hydrogen-bond donors (Lipinski definition) is 0. The van der Waals surface area contributed by atoms with Crippen molar-refractivity contribution in [3.63, 3.8) is 0 Å². The Kier molecular flexibility index (Phi) is 5.63. The molecule has 3 rings (SSSR count). The van der Waals surface area contributed by atoms with Crippen LogP contribution in [-0.2, 0) is 9.53 Å². The predicted molar refractivity (Wildman–Crippen MR) is 98.0 cm³/mol. The number of rotatable bonds is 5. The van der Waals surface area contributed by atoms with Crippen molar-refractivity contribution < 1.29 is 23.6 Å². The molecular weight excluding hydrogens is 350 g/mol. The maximum absolute atomic E-state index is 12.3. The Morgan fingerprint density at radius 3 is 2.33 bits per heavy atom. The first kappa shape index (κ1) is 18.8. The highest BCUT2D eigenvalue weighted by atomic mass is 16.5. The lowest BCUT2D eigenvalue weighted by Gasteiger charge is -2.36. The SMILES string of the molecule is COc1ccc(N2CCN(C(=O)COC(=O)c3c(C)noc3C)CC2)cc1. The average Bonchev–Trinajstić information content (AvgIpc) is 3.04. The van der Waals surface area contributed by atoms with Gasteiger partial charge in [-0.05, 0) is 38.1 Å². The molecule has 2 aromatic rings. The summed E-state index contributed by atoms with van der Waals surface area (Å²) in [6, 6.07) is 7.84. The molecule has 0 aliphatic carbocycles. The third-order valence-corrected chi connectivity index (χ3v) is 4.63. The largest absolute Gasteiger partial charge is 0.497 e. The number of carbonyl (C=O) groups is 2. The number of carbonyl (C=O) groups excluding carboxylic acids is 2. The van der Waals surface area contributed by atoms with E-state index in [1.807, 2.05) is 24.3 Å². The minimum absolute atomic E-state index is 0.204. The molecule has 0 N–H and O–H groups in total. The van der Waals surface area contributed by atoms with Crippen LogP contribution in [0, 0.1) is 13.8 Å². The summed E-state index contributed by atoms with van der Waals surface area (Å²) in [5.41, 5.74) is 1.83. The molecule has 27 heavy (non-hydrogen) atoms. The number of benzene rings is 1. The van der Waals surface area contributed by atoms with Crippen molar-refractivity contribution >= 4 is 17.6 Å². The van der Waals surface area contributed by atoms with Crippen molar-refractivity contribution in [2.75, 3.05) is 44.8 Å². The molecule has 0 saturated carbocycles. The van der Waals surface area contributed by atoms with E-state index in [0.717, 1.165) is 24.5 Å². The number of piperazine rings is 1. The Bertz CT molecular complexity index is 788. The fourth-order valence-corrected chi connectivity index (χ4v) is 3.07. The van der Waals surface area contributed by atoms with Crippen molar-refractivity contribution in [3.8, 4) is 5.75 Å². The number of anilines is 1. The summed E-state index contributed by atoms with van der Waals surface area (Å²) in [7, 11) is 1.64. The zero-order chi connectivity index (χ0) is 19.4. The first-order valence-electron chi connectivity index (χ1n) is 8.76. The zero-order valence-electron chi connectivity index (χ0n) is 15.7. The quantitative estimate of drug-likeness (QED) is 0.739. The monoisotopic (exact) mass is 373 g/mol. The standard InChI is InChI=1S/C19H23N3O5/c1-13-18(14(2)27-20-13)19(24)26-12-17(23)22-10-8-21(9-11-22)15-4-6-16(25-3)7-5-15/h4-7H,8-12H2,1-3H3. The molecule has 1 fully saturated rings. The Labute approximate surface area is 157 Å². The maximum Gasteiger partial charge on any atom is 0.344 e. The molecule has 1 aliphatic rings. The molecule has 1 aromatic heterocycles. The summed E-state index contributed by atoms with van der Waals surface area (Å²) in [5, 5.41) is 3.72. The molecule has 1 aromatic carbocycles. The van der Waals surface area contributed by atoms with E-state index in [2.05, 4.69) is 10.1 Å². The van der Waals surface area contributed by atoms with Gasteiger partial charge < -0.3 is 23.8 Å². The van der Waals surface area contributed by atoms with Crippen molar-refractivity contribution in [2.45, 2.75) is 13.8 Å². The second kappa shape index (κ2) is 8.11. The number of nitrogens with zero attached hydrogens (tertiary/aromatic N) is 3. The minimum atomic E-state index is -0.587. The lowest BCUT2D eigenvalue weighted by Crippen LogP contribution is -2.49. The Balaban J connectivity index is 1.49. The second-order valence-electron chi connectivity index (χ2n) is 6.34. The number of methoxy groups -OCH3 is 1. The molecule has 2 heterocycles. The molecule has 1 aliphatic heterocycles. The van der Waals surface area contributed by atoms with E-state index in [9.17, 15) is 9.59 Å². The van der Waals surface area contributed by atoms with Gasteiger partial charge in [-0.15, -0.1) is 0 Å². The predicted octanol–water partition coefficient (Wildman–Crippen LogP) is 1.81. The second-order valence-corrected chi connectivity index (χ2v) is 6.34. The van der Waals surface area contributed by atoms with Gasteiger partial charge in [-0.1, -0.05) is 5.16 Å². The Morgan fingerprint density at radius 1 is 1.11 bits per heavy atom. The number of esters is 1. The van der Waals surface area contributed by atoms with E-state index in [-0.39, 0.29) is 18.1 Å². The van der Waals surface area contributed by atoms with E-state index < -0.39 is 5.97 Å². The van der Waals surface area contributed by atoms with Crippen LogP contribution in [0.4, 0.5) is 5.69 Å². The lowest BCUT2D eigenvalue weighted by atomic mass is 10.2. The highest BCUT2D eigenvalue weighted by molar-refractivity contribution is 5.93. The molecule has 144 valence electrons. The summed E-state index contributed by atoms with van der Waals surface area (Å²) in [4.78, 5) is 28.4. The van der Waals surface area contributed by atoms with Gasteiger partial charge in [0.1, 0.15) is 17.1 Å². The summed E-state index contributed by atoms with van der Waals surface area (Å²) in [5.74, 6) is 0.409. The number of ether oxygens (including phenoxy) is 2. The van der Waals surface area contributed by atoms with E-state index >= 15 is 0 Å². The van der Waals surface area contributed by atoms with Crippen LogP contribution in [-0.4, -0.2) is 61.8 Å². The van der Waals surface area contributed by atoms with Gasteiger partial charge in [0.2, 0.25) is 0 Å². The van der Waals surface area contributed by atoms with Crippen molar-refractivity contribution in [2.24, 2.45) is 0 Å². The van der Waals surface area contributed by atoms with Crippen LogP contribution >= 0.6 is 0 Å². The molecule has 8 heteroatoms. The van der Waals surface area contributed by atoms with Gasteiger partial charge in [0, 0.05) is 31.9 Å². The van der Waals surface area contributed by atoms with E-state index in [4.69, 9.17) is 14.0 Å². The molecule has 1 saturated heterocycles. The number of hydrogen-bond acceptors (Lipinski definition) is 7. The lowest BCUT2D eigenvalue weighted by molar-refractivity contribution is -0.134. The highest BCUT2D eigenvalue weighted by Crippen LogP contribution is 2.20. The van der Waals surface area contributed by atoms with Gasteiger partial charge in [0.05, 0.1) is 12.8 Å². The van der Waals surface area contributed by atoms with Crippen molar-refractivity contribution in [1.82, 2.24) is 10.1 Å². The summed E-state index contributed by atoms with van der Waals surface area (Å²) < 4.78 is 15.3. The molecule has 0 unspecified atom stereocenters. The van der Waals surface area contributed by atoms with Gasteiger partial charge in [-0.25, -0.2) is 4.79 Å². The van der Waals surface area contributed by atoms with E-state index in [0.29, 0.717) is 24.5 Å². The molecule has 0 bridgehead atoms. The summed E-state index contributed by atoms with van der Waals surface area (Å²) in [6.07, 6.45) is 0. The van der Waals surface area contributed by atoms with Crippen LogP contribution in [0.1, 0.15) is 21.8 Å². The zero-order valence-corrected chi connectivity index (χ0v) is 15.7. The normalized spacial score (nSPS) is 14.2. The van der Waals surface area contributed by atoms with Crippen LogP contribution in [0.15, 0.2) is 28.8 Å². The average molecular weight is 373 g/mol. The smallest absolute Gasteiger partial charge is 0.344 e. The number of aromatic nitrogens is 1. The van der Waals surface area contributed by atoms with Crippen LogP contribution in [0.3, 0.4) is 0 Å². The van der Waals surface area contributed by atoms with Crippen LogP contribution in [0.5, 0.6) is 5.75 Å². The van der Waals surface area contributed by atoms with Crippen LogP contribution in [0.25, 0.3) is 0 Å². The fraction of sp³-hybridized carbons (Fsp3) is 0.421. The summed E-state index contributed by atoms with van der Waals surface area (Å²) in [6.45, 7) is 5.60. The molecule has 0 atom stereocenters. The third kappa shape index (κ3) is 4.21. The molecule has 8 nitrogen and oxygen atoms in total. The van der Waals surface area contributed by atoms with Crippen molar-refractivity contribution in [3.05, 3.63) is 41.3 Å². The third-order valence-electron chi connectivity index (χ3n) is 4.63. The first-order valence-corrected chi connectivity index (χ1v) is 8.76. The molecule has 0 radical (unpaired) electrons. The van der Waals surface area contributed by atoms with Gasteiger partial charge in [-0.3, -0.25) is 4.79 Å². The topological polar surface area (TPSA) is 85.1 Å². The van der Waals surface area contributed by atoms with Crippen molar-refractivity contribution in [1.29, 1.82) is 0 Å². The minimum Gasteiger partial charge on any atom is -0.497 e. The van der Waals surface area contributed by atoms with Crippen LogP contribution < -0.4 is 9.64 Å². The maximum atomic E-state index is 12.3. The first-order chi connectivity index (χ1) is 13.0. The van der Waals surface area contributed by atoms with E-state index in [1.165, 1.54) is 0 Å². The number of aryl methyl sites for hydroxylation is 2. The van der Waals surface area contributed by atoms with Gasteiger partial charge >= 0.3 is 5.97 Å². The van der Waals surface area contributed by atoms with Gasteiger partial charge in [0.25, 0.3) is 5.91 Å². The van der Waals surface area contributed by atoms with Gasteiger partial charge in [-0.2, -0.15) is 0 Å². The fourth-order valence-electron chi connectivity index (χ4n) is 3.07.